The van der Waals surface area contributed by atoms with Crippen LogP contribution in [0.1, 0.15) is 19.4 Å². The first-order valence-corrected chi connectivity index (χ1v) is 7.39. The average molecular weight is 404 g/mol. The van der Waals surface area contributed by atoms with Crippen LogP contribution in [0.3, 0.4) is 0 Å². The molecule has 0 atom stereocenters. The number of guanidine groups is 1. The number of nitrogens with zero attached hydrogens (tertiary/aromatic N) is 3. The van der Waals surface area contributed by atoms with E-state index in [1.807, 2.05) is 6.07 Å². The quantitative estimate of drug-likeness (QED) is 0.431. The van der Waals surface area contributed by atoms with E-state index in [1.54, 1.807) is 0 Å². The van der Waals surface area contributed by atoms with Crippen molar-refractivity contribution in [1.29, 1.82) is 0 Å². The Morgan fingerprint density at radius 2 is 1.81 bits per heavy atom. The Labute approximate surface area is 146 Å². The number of halogens is 1. The zero-order valence-corrected chi connectivity index (χ0v) is 16.0. The smallest absolute Gasteiger partial charge is 0.194 e. The molecule has 120 valence electrons. The van der Waals surface area contributed by atoms with Crippen LogP contribution >= 0.6 is 24.0 Å². The highest BCUT2D eigenvalue weighted by Gasteiger charge is 2.06. The maximum absolute atomic E-state index is 4.69. The van der Waals surface area contributed by atoms with E-state index in [9.17, 15) is 0 Å². The van der Waals surface area contributed by atoms with Gasteiger partial charge in [0.2, 0.25) is 0 Å². The first kappa shape index (κ1) is 20.2. The van der Waals surface area contributed by atoms with Gasteiger partial charge in [0.15, 0.2) is 5.96 Å². The summed E-state index contributed by atoms with van der Waals surface area (Å²) in [7, 11) is 4.20. The van der Waals surface area contributed by atoms with E-state index in [2.05, 4.69) is 72.3 Å². The third-order valence-corrected chi connectivity index (χ3v) is 3.24. The lowest BCUT2D eigenvalue weighted by molar-refractivity contribution is 0.361. The molecule has 1 aromatic rings. The van der Waals surface area contributed by atoms with Crippen LogP contribution in [0.5, 0.6) is 0 Å². The third-order valence-electron chi connectivity index (χ3n) is 3.24. The molecule has 0 aliphatic heterocycles. The number of aliphatic imine (C=N–C) groups is 1. The van der Waals surface area contributed by atoms with Crippen LogP contribution in [0.4, 0.5) is 0 Å². The van der Waals surface area contributed by atoms with E-state index < -0.39 is 0 Å². The first-order valence-electron chi connectivity index (χ1n) is 7.39. The zero-order chi connectivity index (χ0) is 14.8. The van der Waals surface area contributed by atoms with Crippen LogP contribution in [0, 0.1) is 0 Å². The molecule has 0 heterocycles. The minimum Gasteiger partial charge on any atom is -0.357 e. The van der Waals surface area contributed by atoms with Gasteiger partial charge in [-0.05, 0) is 26.1 Å². The van der Waals surface area contributed by atoms with Gasteiger partial charge in [-0.15, -0.1) is 24.0 Å². The average Bonchev–Trinajstić information content (AvgIpc) is 2.47. The third kappa shape index (κ3) is 8.26. The first-order chi connectivity index (χ1) is 9.67. The second kappa shape index (κ2) is 11.8. The number of nitrogens with one attached hydrogen (secondary N) is 1. The standard InChI is InChI=1S/C16H28N4.HI/c1-5-17-16(18-12-13-19(3)6-2)20(4)14-15-10-8-7-9-11-15;/h7-11H,5-6,12-14H2,1-4H3,(H,17,18);1H. The maximum atomic E-state index is 4.69. The molecule has 0 aliphatic carbocycles. The second-order valence-corrected chi connectivity index (χ2v) is 4.97. The van der Waals surface area contributed by atoms with Crippen molar-refractivity contribution in [3.05, 3.63) is 35.9 Å². The monoisotopic (exact) mass is 404 g/mol. The molecule has 1 aromatic carbocycles. The van der Waals surface area contributed by atoms with E-state index in [0.717, 1.165) is 38.7 Å². The fraction of sp³-hybridized carbons (Fsp3) is 0.562. The summed E-state index contributed by atoms with van der Waals surface area (Å²) in [5.74, 6) is 0.973. The van der Waals surface area contributed by atoms with Gasteiger partial charge in [0.05, 0.1) is 6.54 Å². The van der Waals surface area contributed by atoms with E-state index in [0.29, 0.717) is 0 Å². The van der Waals surface area contributed by atoms with Crippen molar-refractivity contribution in [3.63, 3.8) is 0 Å². The van der Waals surface area contributed by atoms with Gasteiger partial charge >= 0.3 is 0 Å². The summed E-state index contributed by atoms with van der Waals surface area (Å²) in [6.07, 6.45) is 0. The predicted molar refractivity (Wildman–Crippen MR) is 102 cm³/mol. The van der Waals surface area contributed by atoms with E-state index >= 15 is 0 Å². The molecular weight excluding hydrogens is 375 g/mol. The molecular formula is C16H29IN4. The molecule has 0 saturated heterocycles. The highest BCUT2D eigenvalue weighted by Crippen LogP contribution is 2.02. The van der Waals surface area contributed by atoms with Gasteiger partial charge in [0, 0.05) is 26.7 Å². The Kier molecular flexibility index (Phi) is 11.3. The summed E-state index contributed by atoms with van der Waals surface area (Å²) < 4.78 is 0. The van der Waals surface area contributed by atoms with Crippen LogP contribution in [0.2, 0.25) is 0 Å². The van der Waals surface area contributed by atoms with Gasteiger partial charge in [0.1, 0.15) is 0 Å². The Morgan fingerprint density at radius 1 is 1.14 bits per heavy atom. The lowest BCUT2D eigenvalue weighted by Crippen LogP contribution is -2.39. The lowest BCUT2D eigenvalue weighted by atomic mass is 10.2. The Hall–Kier alpha value is -0.820. The summed E-state index contributed by atoms with van der Waals surface area (Å²) in [5, 5.41) is 3.35. The van der Waals surface area contributed by atoms with Crippen LogP contribution in [0.15, 0.2) is 35.3 Å². The lowest BCUT2D eigenvalue weighted by Gasteiger charge is -2.22. The summed E-state index contributed by atoms with van der Waals surface area (Å²) in [6, 6.07) is 10.5. The molecule has 1 N–H and O–H groups in total. The summed E-state index contributed by atoms with van der Waals surface area (Å²) in [6.45, 7) is 8.90. The number of benzene rings is 1. The molecule has 0 saturated carbocycles. The number of hydrogen-bond acceptors (Lipinski definition) is 2. The van der Waals surface area contributed by atoms with Gasteiger partial charge in [0.25, 0.3) is 0 Å². The van der Waals surface area contributed by atoms with E-state index in [1.165, 1.54) is 5.56 Å². The van der Waals surface area contributed by atoms with Crippen LogP contribution in [-0.4, -0.2) is 56.0 Å². The molecule has 0 aliphatic rings. The van der Waals surface area contributed by atoms with Crippen molar-refractivity contribution in [2.75, 3.05) is 40.3 Å². The summed E-state index contributed by atoms with van der Waals surface area (Å²) in [4.78, 5) is 9.13. The van der Waals surface area contributed by atoms with Crippen LogP contribution in [-0.2, 0) is 6.54 Å². The predicted octanol–water partition coefficient (Wildman–Crippen LogP) is 2.65. The second-order valence-electron chi connectivity index (χ2n) is 4.97. The molecule has 0 bridgehead atoms. The SMILES string of the molecule is CCNC(=NCCN(C)CC)N(C)Cc1ccccc1.I. The highest BCUT2D eigenvalue weighted by molar-refractivity contribution is 14.0. The molecule has 4 nitrogen and oxygen atoms in total. The molecule has 21 heavy (non-hydrogen) atoms. The molecule has 1 rings (SSSR count). The van der Waals surface area contributed by atoms with Crippen LogP contribution < -0.4 is 5.32 Å². The maximum Gasteiger partial charge on any atom is 0.194 e. The fourth-order valence-corrected chi connectivity index (χ4v) is 1.89. The number of likely N-dealkylation sites (N-methyl/N-ethyl adjacent to an activating group) is 1. The Bertz CT molecular complexity index is 395. The zero-order valence-electron chi connectivity index (χ0n) is 13.7. The molecule has 0 amide bonds. The van der Waals surface area contributed by atoms with E-state index in [-0.39, 0.29) is 24.0 Å². The molecule has 0 unspecified atom stereocenters. The minimum absolute atomic E-state index is 0. The molecule has 0 spiro atoms. The van der Waals surface area contributed by atoms with Gasteiger partial charge in [-0.3, -0.25) is 4.99 Å². The summed E-state index contributed by atoms with van der Waals surface area (Å²) in [5.41, 5.74) is 1.30. The Morgan fingerprint density at radius 3 is 2.38 bits per heavy atom. The topological polar surface area (TPSA) is 30.9 Å². The normalized spacial score (nSPS) is 11.2. The van der Waals surface area contributed by atoms with E-state index in [4.69, 9.17) is 0 Å². The largest absolute Gasteiger partial charge is 0.357 e. The van der Waals surface area contributed by atoms with Crippen molar-refractivity contribution < 1.29 is 0 Å². The number of hydrogen-bond donors (Lipinski definition) is 1. The van der Waals surface area contributed by atoms with Crippen molar-refractivity contribution in [2.24, 2.45) is 4.99 Å². The van der Waals surface area contributed by atoms with Gasteiger partial charge in [-0.1, -0.05) is 37.3 Å². The molecule has 0 radical (unpaired) electrons. The van der Waals surface area contributed by atoms with Gasteiger partial charge in [-0.2, -0.15) is 0 Å². The van der Waals surface area contributed by atoms with Crippen molar-refractivity contribution in [3.8, 4) is 0 Å². The molecule has 0 fully saturated rings. The highest BCUT2D eigenvalue weighted by atomic mass is 127. The Balaban J connectivity index is 0.00000400. The summed E-state index contributed by atoms with van der Waals surface area (Å²) >= 11 is 0. The number of rotatable bonds is 7. The fourth-order valence-electron chi connectivity index (χ4n) is 1.89. The van der Waals surface area contributed by atoms with Gasteiger partial charge < -0.3 is 15.1 Å². The van der Waals surface area contributed by atoms with Crippen molar-refractivity contribution in [2.45, 2.75) is 20.4 Å². The van der Waals surface area contributed by atoms with Crippen LogP contribution in [0.25, 0.3) is 0 Å². The van der Waals surface area contributed by atoms with Crippen molar-refractivity contribution >= 4 is 29.9 Å². The molecule has 0 aromatic heterocycles. The van der Waals surface area contributed by atoms with Gasteiger partial charge in [-0.25, -0.2) is 0 Å². The minimum atomic E-state index is 0. The molecule has 5 heteroatoms. The van der Waals surface area contributed by atoms with Crippen molar-refractivity contribution in [1.82, 2.24) is 15.1 Å².